The number of hydrogen-bond donors (Lipinski definition) is 1. The van der Waals surface area contributed by atoms with Crippen LogP contribution in [-0.4, -0.2) is 40.2 Å². The highest BCUT2D eigenvalue weighted by atomic mass is 19.1. The molecule has 2 aliphatic heterocycles. The van der Waals surface area contributed by atoms with Crippen LogP contribution in [0.1, 0.15) is 30.9 Å². The molecule has 0 saturated carbocycles. The van der Waals surface area contributed by atoms with Crippen LogP contribution in [-0.2, 0) is 4.79 Å². The number of nitrogen functional groups attached to an aromatic ring is 1. The van der Waals surface area contributed by atoms with E-state index in [2.05, 4.69) is 15.1 Å². The Kier molecular flexibility index (Phi) is 4.70. The predicted molar refractivity (Wildman–Crippen MR) is 100 cm³/mol. The van der Waals surface area contributed by atoms with Crippen LogP contribution in [0.3, 0.4) is 0 Å². The van der Waals surface area contributed by atoms with Gasteiger partial charge in [0.05, 0.1) is 12.2 Å². The third-order valence-corrected chi connectivity index (χ3v) is 5.13. The van der Waals surface area contributed by atoms with Gasteiger partial charge in [0.25, 0.3) is 0 Å². The molecule has 0 radical (unpaired) electrons. The Hall–Kier alpha value is -3.03. The molecule has 0 spiro atoms. The van der Waals surface area contributed by atoms with E-state index >= 15 is 0 Å². The number of hydrazone groups is 1. The largest absolute Gasteiger partial charge is 0.381 e. The summed E-state index contributed by atoms with van der Waals surface area (Å²) in [5, 5.41) is 5.96. The van der Waals surface area contributed by atoms with Gasteiger partial charge in [-0.15, -0.1) is 0 Å². The molecule has 0 unspecified atom stereocenters. The van der Waals surface area contributed by atoms with Crippen LogP contribution in [0, 0.1) is 11.7 Å². The Balaban J connectivity index is 1.41. The first-order chi connectivity index (χ1) is 13.1. The molecule has 1 saturated heterocycles. The minimum atomic E-state index is -0.623. The van der Waals surface area contributed by atoms with Crippen molar-refractivity contribution < 1.29 is 9.18 Å². The van der Waals surface area contributed by atoms with Gasteiger partial charge < -0.3 is 10.6 Å². The summed E-state index contributed by atoms with van der Waals surface area (Å²) in [6, 6.07) is 9.94. The monoisotopic (exact) mass is 368 g/mol. The fraction of sp³-hybridized carbons (Fsp3) is 0.368. The number of hydrogen-bond acceptors (Lipinski definition) is 6. The molecular formula is C19H21FN6O. The van der Waals surface area contributed by atoms with Crippen molar-refractivity contribution in [3.63, 3.8) is 0 Å². The van der Waals surface area contributed by atoms with Crippen molar-refractivity contribution in [2.24, 2.45) is 11.0 Å². The Morgan fingerprint density at radius 1 is 1.19 bits per heavy atom. The molecule has 1 fully saturated rings. The van der Waals surface area contributed by atoms with Gasteiger partial charge in [-0.3, -0.25) is 4.79 Å². The highest BCUT2D eigenvalue weighted by Gasteiger charge is 2.35. The highest BCUT2D eigenvalue weighted by Crippen LogP contribution is 2.32. The smallest absolute Gasteiger partial charge is 0.246 e. The van der Waals surface area contributed by atoms with E-state index in [4.69, 9.17) is 5.73 Å². The SMILES string of the molecule is Nc1nc(N2CCC(C(=O)N3N=CC[C@H]3c3ccccc3)CC2)ncc1F. The number of rotatable bonds is 3. The number of benzene rings is 1. The molecule has 1 amide bonds. The first-order valence-electron chi connectivity index (χ1n) is 9.07. The summed E-state index contributed by atoms with van der Waals surface area (Å²) in [5.41, 5.74) is 6.62. The average molecular weight is 368 g/mol. The standard InChI is InChI=1S/C19H21FN6O/c20-15-12-22-19(24-17(15)21)25-10-7-14(8-11-25)18(27)26-16(6-9-23-26)13-4-2-1-3-5-13/h1-5,9,12,14,16H,6-8,10-11H2,(H2,21,22,24)/t16-/m0/s1. The van der Waals surface area contributed by atoms with Crippen molar-refractivity contribution in [2.45, 2.75) is 25.3 Å². The summed E-state index contributed by atoms with van der Waals surface area (Å²) in [6.45, 7) is 1.24. The fourth-order valence-corrected chi connectivity index (χ4v) is 3.61. The van der Waals surface area contributed by atoms with Crippen LogP contribution in [0.15, 0.2) is 41.6 Å². The van der Waals surface area contributed by atoms with E-state index in [1.165, 1.54) is 0 Å². The van der Waals surface area contributed by atoms with Crippen LogP contribution in [0.5, 0.6) is 0 Å². The van der Waals surface area contributed by atoms with Gasteiger partial charge in [-0.1, -0.05) is 30.3 Å². The average Bonchev–Trinajstić information content (AvgIpc) is 3.20. The summed E-state index contributed by atoms with van der Waals surface area (Å²) in [5.74, 6) is -0.420. The second-order valence-electron chi connectivity index (χ2n) is 6.81. The quantitative estimate of drug-likeness (QED) is 0.899. The molecule has 2 N–H and O–H groups in total. The Morgan fingerprint density at radius 2 is 1.93 bits per heavy atom. The van der Waals surface area contributed by atoms with E-state index in [1.54, 1.807) is 11.2 Å². The fourth-order valence-electron chi connectivity index (χ4n) is 3.61. The van der Waals surface area contributed by atoms with E-state index < -0.39 is 5.82 Å². The van der Waals surface area contributed by atoms with Crippen molar-refractivity contribution >= 4 is 23.9 Å². The number of halogens is 1. The molecule has 1 aromatic carbocycles. The summed E-state index contributed by atoms with van der Waals surface area (Å²) < 4.78 is 13.3. The zero-order chi connectivity index (χ0) is 18.8. The van der Waals surface area contributed by atoms with Crippen molar-refractivity contribution in [1.82, 2.24) is 15.0 Å². The van der Waals surface area contributed by atoms with Gasteiger partial charge >= 0.3 is 0 Å². The van der Waals surface area contributed by atoms with Gasteiger partial charge in [-0.25, -0.2) is 14.4 Å². The van der Waals surface area contributed by atoms with Gasteiger partial charge in [0.2, 0.25) is 11.9 Å². The van der Waals surface area contributed by atoms with E-state index in [0.29, 0.717) is 31.9 Å². The summed E-state index contributed by atoms with van der Waals surface area (Å²) in [6.07, 6.45) is 4.97. The molecule has 4 rings (SSSR count). The van der Waals surface area contributed by atoms with Crippen molar-refractivity contribution in [2.75, 3.05) is 23.7 Å². The zero-order valence-corrected chi connectivity index (χ0v) is 14.8. The molecule has 2 aliphatic rings. The van der Waals surface area contributed by atoms with E-state index in [0.717, 1.165) is 18.2 Å². The van der Waals surface area contributed by atoms with Crippen molar-refractivity contribution in [3.05, 3.63) is 47.9 Å². The third kappa shape index (κ3) is 3.47. The first-order valence-corrected chi connectivity index (χ1v) is 9.07. The maximum atomic E-state index is 13.3. The predicted octanol–water partition coefficient (Wildman–Crippen LogP) is 2.37. The Morgan fingerprint density at radius 3 is 2.63 bits per heavy atom. The Labute approximate surface area is 156 Å². The minimum absolute atomic E-state index is 0.0306. The normalized spacial score (nSPS) is 20.3. The van der Waals surface area contributed by atoms with Crippen molar-refractivity contribution in [3.8, 4) is 0 Å². The summed E-state index contributed by atoms with van der Waals surface area (Å²) >= 11 is 0. The maximum absolute atomic E-state index is 13.3. The van der Waals surface area contributed by atoms with Gasteiger partial charge in [-0.2, -0.15) is 10.1 Å². The number of aromatic nitrogens is 2. The van der Waals surface area contributed by atoms with E-state index in [9.17, 15) is 9.18 Å². The highest BCUT2D eigenvalue weighted by molar-refractivity contribution is 5.82. The van der Waals surface area contributed by atoms with Crippen LogP contribution < -0.4 is 10.6 Å². The van der Waals surface area contributed by atoms with Gasteiger partial charge in [-0.05, 0) is 18.4 Å². The maximum Gasteiger partial charge on any atom is 0.246 e. The number of piperidine rings is 1. The second kappa shape index (κ2) is 7.30. The lowest BCUT2D eigenvalue weighted by molar-refractivity contribution is -0.138. The van der Waals surface area contributed by atoms with Gasteiger partial charge in [0, 0.05) is 31.6 Å². The van der Waals surface area contributed by atoms with Crippen LogP contribution in [0.4, 0.5) is 16.2 Å². The molecule has 7 nitrogen and oxygen atoms in total. The lowest BCUT2D eigenvalue weighted by Crippen LogP contribution is -2.41. The minimum Gasteiger partial charge on any atom is -0.381 e. The molecule has 27 heavy (non-hydrogen) atoms. The number of amides is 1. The lowest BCUT2D eigenvalue weighted by Gasteiger charge is -2.33. The van der Waals surface area contributed by atoms with Gasteiger partial charge in [0.1, 0.15) is 0 Å². The molecular weight excluding hydrogens is 347 g/mol. The summed E-state index contributed by atoms with van der Waals surface area (Å²) in [7, 11) is 0. The molecule has 1 atom stereocenters. The number of carbonyl (C=O) groups is 1. The molecule has 8 heteroatoms. The number of nitrogens with zero attached hydrogens (tertiary/aromatic N) is 5. The zero-order valence-electron chi connectivity index (χ0n) is 14.8. The van der Waals surface area contributed by atoms with Crippen molar-refractivity contribution in [1.29, 1.82) is 0 Å². The molecule has 0 aliphatic carbocycles. The lowest BCUT2D eigenvalue weighted by atomic mass is 9.94. The molecule has 2 aromatic rings. The van der Waals surface area contributed by atoms with E-state index in [1.807, 2.05) is 35.2 Å². The number of nitrogens with two attached hydrogens (primary N) is 1. The van der Waals surface area contributed by atoms with Gasteiger partial charge in [0.15, 0.2) is 11.6 Å². The topological polar surface area (TPSA) is 87.7 Å². The third-order valence-electron chi connectivity index (χ3n) is 5.13. The summed E-state index contributed by atoms with van der Waals surface area (Å²) in [4.78, 5) is 22.9. The second-order valence-corrected chi connectivity index (χ2v) is 6.81. The Bertz CT molecular complexity index is 851. The number of anilines is 2. The van der Waals surface area contributed by atoms with Crippen LogP contribution in [0.25, 0.3) is 0 Å². The number of carbonyl (C=O) groups excluding carboxylic acids is 1. The molecule has 140 valence electrons. The van der Waals surface area contributed by atoms with Crippen LogP contribution in [0.2, 0.25) is 0 Å². The molecule has 1 aromatic heterocycles. The van der Waals surface area contributed by atoms with E-state index in [-0.39, 0.29) is 23.7 Å². The molecule has 0 bridgehead atoms. The van der Waals surface area contributed by atoms with Crippen LogP contribution >= 0.6 is 0 Å². The first kappa shape index (κ1) is 17.4. The molecule has 3 heterocycles.